The quantitative estimate of drug-likeness (QED) is 0.860. The van der Waals surface area contributed by atoms with E-state index in [-0.39, 0.29) is 16.9 Å². The Morgan fingerprint density at radius 2 is 2.00 bits per heavy atom. The van der Waals surface area contributed by atoms with Gasteiger partial charge in [0.15, 0.2) is 0 Å². The van der Waals surface area contributed by atoms with Gasteiger partial charge in [0.2, 0.25) is 0 Å². The molecule has 1 aliphatic heterocycles. The number of piperidine rings is 1. The predicted molar refractivity (Wildman–Crippen MR) is 74.5 cm³/mol. The molecular formula is C14H21NO3S. The van der Waals surface area contributed by atoms with Crippen LogP contribution in [0.4, 0.5) is 0 Å². The summed E-state index contributed by atoms with van der Waals surface area (Å²) in [4.78, 5) is 0.230. The molecule has 2 unspecified atom stereocenters. The van der Waals surface area contributed by atoms with Crippen molar-refractivity contribution in [2.24, 2.45) is 5.92 Å². The summed E-state index contributed by atoms with van der Waals surface area (Å²) in [7, 11) is -3.65. The first-order valence-electron chi connectivity index (χ1n) is 6.70. The van der Waals surface area contributed by atoms with E-state index in [1.807, 2.05) is 13.8 Å². The first-order chi connectivity index (χ1) is 8.99. The molecule has 2 atom stereocenters. The zero-order valence-electron chi connectivity index (χ0n) is 11.4. The van der Waals surface area contributed by atoms with E-state index < -0.39 is 10.1 Å². The van der Waals surface area contributed by atoms with Crippen molar-refractivity contribution in [2.45, 2.75) is 37.7 Å². The second kappa shape index (κ2) is 6.03. The number of benzene rings is 1. The lowest BCUT2D eigenvalue weighted by molar-refractivity contribution is 0.138. The van der Waals surface area contributed by atoms with Crippen LogP contribution in [0.3, 0.4) is 0 Å². The van der Waals surface area contributed by atoms with Crippen LogP contribution < -0.4 is 5.32 Å². The minimum atomic E-state index is -3.65. The number of rotatable bonds is 4. The molecule has 106 valence electrons. The number of hydrogen-bond acceptors (Lipinski definition) is 4. The van der Waals surface area contributed by atoms with Crippen molar-refractivity contribution in [3.05, 3.63) is 29.8 Å². The summed E-state index contributed by atoms with van der Waals surface area (Å²) in [5, 5.41) is 3.27. The second-order valence-electron chi connectivity index (χ2n) is 5.17. The Morgan fingerprint density at radius 1 is 1.32 bits per heavy atom. The standard InChI is InChI=1S/C14H21NO3S/c1-11-5-7-14(8-6-11)19(16,17)18-12(2)13-4-3-9-15-10-13/h5-8,12-13,15H,3-4,9-10H2,1-2H3. The Morgan fingerprint density at radius 3 is 2.58 bits per heavy atom. The molecule has 0 amide bonds. The smallest absolute Gasteiger partial charge is 0.297 e. The first-order valence-corrected chi connectivity index (χ1v) is 8.10. The van der Waals surface area contributed by atoms with Gasteiger partial charge in [0.05, 0.1) is 11.0 Å². The summed E-state index contributed by atoms with van der Waals surface area (Å²) in [5.41, 5.74) is 1.03. The fraction of sp³-hybridized carbons (Fsp3) is 0.571. The summed E-state index contributed by atoms with van der Waals surface area (Å²) in [6, 6.07) is 6.75. The molecule has 1 aliphatic rings. The molecule has 0 saturated carbocycles. The maximum Gasteiger partial charge on any atom is 0.297 e. The maximum absolute atomic E-state index is 12.2. The van der Waals surface area contributed by atoms with Gasteiger partial charge < -0.3 is 5.32 Å². The molecule has 4 nitrogen and oxygen atoms in total. The molecular weight excluding hydrogens is 262 g/mol. The highest BCUT2D eigenvalue weighted by Gasteiger charge is 2.26. The average Bonchev–Trinajstić information content (AvgIpc) is 2.40. The fourth-order valence-electron chi connectivity index (χ4n) is 2.32. The van der Waals surface area contributed by atoms with Crippen LogP contribution in [0.2, 0.25) is 0 Å². The Kier molecular flexibility index (Phi) is 4.60. The van der Waals surface area contributed by atoms with Crippen molar-refractivity contribution in [3.63, 3.8) is 0 Å². The summed E-state index contributed by atoms with van der Waals surface area (Å²) in [5.74, 6) is 0.258. The molecule has 5 heteroatoms. The Bertz CT molecular complexity index is 504. The molecule has 2 rings (SSSR count). The molecule has 1 saturated heterocycles. The van der Waals surface area contributed by atoms with Crippen LogP contribution in [0.25, 0.3) is 0 Å². The van der Waals surface area contributed by atoms with Crippen LogP contribution in [-0.2, 0) is 14.3 Å². The summed E-state index contributed by atoms with van der Waals surface area (Å²) in [6.45, 7) is 5.59. The normalized spacial score (nSPS) is 22.1. The van der Waals surface area contributed by atoms with E-state index in [1.165, 1.54) is 0 Å². The SMILES string of the molecule is Cc1ccc(S(=O)(=O)OC(C)C2CCCNC2)cc1. The molecule has 1 fully saturated rings. The number of aryl methyl sites for hydroxylation is 1. The van der Waals surface area contributed by atoms with E-state index in [4.69, 9.17) is 4.18 Å². The third-order valence-corrected chi connectivity index (χ3v) is 4.99. The van der Waals surface area contributed by atoms with Gasteiger partial charge in [-0.3, -0.25) is 4.18 Å². The lowest BCUT2D eigenvalue weighted by Crippen LogP contribution is -2.37. The Hall–Kier alpha value is -0.910. The minimum Gasteiger partial charge on any atom is -0.316 e. The second-order valence-corrected chi connectivity index (χ2v) is 6.75. The molecule has 0 bridgehead atoms. The van der Waals surface area contributed by atoms with Gasteiger partial charge in [-0.05, 0) is 51.3 Å². The van der Waals surface area contributed by atoms with Crippen LogP contribution in [0, 0.1) is 12.8 Å². The predicted octanol–water partition coefficient (Wildman–Crippen LogP) is 2.09. The third kappa shape index (κ3) is 3.78. The fourth-order valence-corrected chi connectivity index (χ4v) is 3.46. The van der Waals surface area contributed by atoms with E-state index in [0.29, 0.717) is 0 Å². The largest absolute Gasteiger partial charge is 0.316 e. The molecule has 1 aromatic carbocycles. The monoisotopic (exact) mass is 283 g/mol. The molecule has 1 aromatic rings. The molecule has 1 N–H and O–H groups in total. The van der Waals surface area contributed by atoms with Crippen LogP contribution in [0.1, 0.15) is 25.3 Å². The molecule has 0 spiro atoms. The van der Waals surface area contributed by atoms with Crippen molar-refractivity contribution < 1.29 is 12.6 Å². The summed E-state index contributed by atoms with van der Waals surface area (Å²) in [6.07, 6.45) is 1.79. The third-order valence-electron chi connectivity index (χ3n) is 3.59. The van der Waals surface area contributed by atoms with Crippen molar-refractivity contribution in [3.8, 4) is 0 Å². The average molecular weight is 283 g/mol. The molecule has 0 aromatic heterocycles. The highest BCUT2D eigenvalue weighted by atomic mass is 32.2. The van der Waals surface area contributed by atoms with E-state index in [1.54, 1.807) is 24.3 Å². The molecule has 19 heavy (non-hydrogen) atoms. The molecule has 0 radical (unpaired) electrons. The van der Waals surface area contributed by atoms with Crippen LogP contribution in [0.5, 0.6) is 0 Å². The number of hydrogen-bond donors (Lipinski definition) is 1. The topological polar surface area (TPSA) is 55.4 Å². The van der Waals surface area contributed by atoms with Gasteiger partial charge in [0.25, 0.3) is 10.1 Å². The highest BCUT2D eigenvalue weighted by molar-refractivity contribution is 7.86. The van der Waals surface area contributed by atoms with Crippen LogP contribution in [-0.4, -0.2) is 27.6 Å². The highest BCUT2D eigenvalue weighted by Crippen LogP contribution is 2.22. The first kappa shape index (κ1) is 14.5. The zero-order valence-corrected chi connectivity index (χ0v) is 12.2. The summed E-state index contributed by atoms with van der Waals surface area (Å²) < 4.78 is 29.6. The lowest BCUT2D eigenvalue weighted by atomic mass is 9.95. The van der Waals surface area contributed by atoms with E-state index in [2.05, 4.69) is 5.32 Å². The molecule has 0 aliphatic carbocycles. The van der Waals surface area contributed by atoms with Gasteiger partial charge in [0.1, 0.15) is 0 Å². The van der Waals surface area contributed by atoms with Crippen LogP contribution >= 0.6 is 0 Å². The molecule has 1 heterocycles. The summed E-state index contributed by atoms with van der Waals surface area (Å²) >= 11 is 0. The van der Waals surface area contributed by atoms with Crippen molar-refractivity contribution in [1.82, 2.24) is 5.32 Å². The van der Waals surface area contributed by atoms with Crippen molar-refractivity contribution >= 4 is 10.1 Å². The van der Waals surface area contributed by atoms with E-state index in [9.17, 15) is 8.42 Å². The van der Waals surface area contributed by atoms with Crippen molar-refractivity contribution in [2.75, 3.05) is 13.1 Å². The van der Waals surface area contributed by atoms with Gasteiger partial charge in [-0.1, -0.05) is 17.7 Å². The van der Waals surface area contributed by atoms with Crippen molar-refractivity contribution in [1.29, 1.82) is 0 Å². The zero-order chi connectivity index (χ0) is 13.9. The lowest BCUT2D eigenvalue weighted by Gasteiger charge is -2.27. The van der Waals surface area contributed by atoms with Gasteiger partial charge >= 0.3 is 0 Å². The van der Waals surface area contributed by atoms with E-state index >= 15 is 0 Å². The van der Waals surface area contributed by atoms with Gasteiger partial charge in [-0.2, -0.15) is 8.42 Å². The van der Waals surface area contributed by atoms with Gasteiger partial charge in [-0.15, -0.1) is 0 Å². The number of nitrogens with one attached hydrogen (secondary N) is 1. The van der Waals surface area contributed by atoms with Gasteiger partial charge in [0, 0.05) is 6.54 Å². The Labute approximate surface area is 115 Å². The van der Waals surface area contributed by atoms with Crippen LogP contribution in [0.15, 0.2) is 29.2 Å². The minimum absolute atomic E-state index is 0.230. The maximum atomic E-state index is 12.2. The van der Waals surface area contributed by atoms with Gasteiger partial charge in [-0.25, -0.2) is 0 Å². The Balaban J connectivity index is 2.05. The van der Waals surface area contributed by atoms with E-state index in [0.717, 1.165) is 31.5 Å².